The van der Waals surface area contributed by atoms with Gasteiger partial charge >= 0.3 is 0 Å². The molecule has 3 heterocycles. The van der Waals surface area contributed by atoms with Crippen molar-refractivity contribution < 1.29 is 0 Å². The first kappa shape index (κ1) is 15.0. The summed E-state index contributed by atoms with van der Waals surface area (Å²) in [4.78, 5) is 17.9. The summed E-state index contributed by atoms with van der Waals surface area (Å²) in [5.41, 5.74) is 3.48. The molecule has 0 atom stereocenters. The first-order valence-electron chi connectivity index (χ1n) is 8.12. The predicted molar refractivity (Wildman–Crippen MR) is 103 cm³/mol. The second-order valence-corrected chi connectivity index (χ2v) is 7.56. The van der Waals surface area contributed by atoms with Gasteiger partial charge in [0.1, 0.15) is 11.0 Å². The van der Waals surface area contributed by atoms with Gasteiger partial charge in [-0.2, -0.15) is 0 Å². The van der Waals surface area contributed by atoms with Crippen LogP contribution in [0.3, 0.4) is 0 Å². The molecule has 0 radical (unpaired) electrons. The van der Waals surface area contributed by atoms with Crippen LogP contribution in [0.5, 0.6) is 0 Å². The molecule has 5 rings (SSSR count). The lowest BCUT2D eigenvalue weighted by atomic mass is 10.2. The average molecular weight is 368 g/mol. The van der Waals surface area contributed by atoms with Gasteiger partial charge in [-0.3, -0.25) is 9.36 Å². The van der Waals surface area contributed by atoms with Crippen molar-refractivity contribution in [3.05, 3.63) is 69.5 Å². The molecule has 0 aliphatic carbocycles. The lowest BCUT2D eigenvalue weighted by molar-refractivity contribution is 0.663. The molecule has 25 heavy (non-hydrogen) atoms. The first-order valence-corrected chi connectivity index (χ1v) is 9.48. The van der Waals surface area contributed by atoms with Gasteiger partial charge in [-0.25, -0.2) is 4.98 Å². The van der Waals surface area contributed by atoms with E-state index in [1.807, 2.05) is 48.5 Å². The fourth-order valence-electron chi connectivity index (χ4n) is 3.48. The zero-order chi connectivity index (χ0) is 17.0. The fraction of sp³-hybridized carbons (Fsp3) is 0.158. The number of hydrogen-bond acceptors (Lipinski definition) is 3. The van der Waals surface area contributed by atoms with Crippen LogP contribution in [0.1, 0.15) is 5.56 Å². The number of aromatic nitrogens is 3. The van der Waals surface area contributed by atoms with Crippen molar-refractivity contribution in [2.75, 3.05) is 5.75 Å². The molecule has 2 aromatic carbocycles. The van der Waals surface area contributed by atoms with E-state index in [2.05, 4.69) is 4.57 Å². The van der Waals surface area contributed by atoms with Crippen molar-refractivity contribution >= 4 is 45.3 Å². The number of para-hydroxylation sites is 1. The smallest absolute Gasteiger partial charge is 0.278 e. The molecule has 4 aromatic rings. The number of thioether (sulfide) groups is 1. The highest BCUT2D eigenvalue weighted by Gasteiger charge is 2.22. The van der Waals surface area contributed by atoms with Gasteiger partial charge in [0, 0.05) is 29.3 Å². The summed E-state index contributed by atoms with van der Waals surface area (Å²) < 4.78 is 3.84. The summed E-state index contributed by atoms with van der Waals surface area (Å²) in [5.74, 6) is 0.900. The minimum absolute atomic E-state index is 0.0354. The van der Waals surface area contributed by atoms with Crippen LogP contribution >= 0.6 is 23.4 Å². The van der Waals surface area contributed by atoms with Crippen LogP contribution in [0.2, 0.25) is 5.02 Å². The molecule has 0 bridgehead atoms. The molecular formula is C19H14ClN3OS. The maximum Gasteiger partial charge on any atom is 0.278 e. The van der Waals surface area contributed by atoms with Gasteiger partial charge in [0.25, 0.3) is 5.56 Å². The van der Waals surface area contributed by atoms with E-state index >= 15 is 0 Å². The fourth-order valence-corrected chi connectivity index (χ4v) is 4.62. The molecule has 2 aromatic heterocycles. The number of fused-ring (bicyclic) bond motifs is 4. The van der Waals surface area contributed by atoms with Crippen LogP contribution in [0.15, 0.2) is 58.5 Å². The Bertz CT molecular complexity index is 1190. The molecule has 0 unspecified atom stereocenters. The van der Waals surface area contributed by atoms with Crippen molar-refractivity contribution in [1.29, 1.82) is 0 Å². The third-order valence-electron chi connectivity index (χ3n) is 4.66. The van der Waals surface area contributed by atoms with Crippen molar-refractivity contribution in [3.63, 3.8) is 0 Å². The molecule has 0 saturated heterocycles. The van der Waals surface area contributed by atoms with Gasteiger partial charge in [0.05, 0.1) is 5.52 Å². The molecule has 0 amide bonds. The highest BCUT2D eigenvalue weighted by Crippen LogP contribution is 2.31. The summed E-state index contributed by atoms with van der Waals surface area (Å²) in [6.07, 6.45) is 0. The second-order valence-electron chi connectivity index (χ2n) is 6.09. The molecule has 0 N–H and O–H groups in total. The van der Waals surface area contributed by atoms with Crippen LogP contribution in [-0.4, -0.2) is 19.9 Å². The second kappa shape index (κ2) is 5.64. The van der Waals surface area contributed by atoms with Gasteiger partial charge in [-0.15, -0.1) is 0 Å². The molecule has 0 fully saturated rings. The van der Waals surface area contributed by atoms with Gasteiger partial charge in [0.2, 0.25) is 0 Å². The van der Waals surface area contributed by atoms with E-state index < -0.39 is 0 Å². The third kappa shape index (κ3) is 2.23. The Morgan fingerprint density at radius 1 is 1.12 bits per heavy atom. The molecule has 124 valence electrons. The maximum absolute atomic E-state index is 13.1. The normalized spacial score (nSPS) is 13.6. The van der Waals surface area contributed by atoms with E-state index in [0.29, 0.717) is 17.1 Å². The Balaban J connectivity index is 1.87. The maximum atomic E-state index is 13.1. The summed E-state index contributed by atoms with van der Waals surface area (Å²) in [6.45, 7) is 1.27. The van der Waals surface area contributed by atoms with Crippen molar-refractivity contribution in [3.8, 4) is 0 Å². The Morgan fingerprint density at radius 2 is 1.92 bits per heavy atom. The van der Waals surface area contributed by atoms with Gasteiger partial charge in [-0.1, -0.05) is 59.8 Å². The number of benzene rings is 2. The highest BCUT2D eigenvalue weighted by molar-refractivity contribution is 7.99. The number of nitrogens with zero attached hydrogens (tertiary/aromatic N) is 3. The van der Waals surface area contributed by atoms with Crippen LogP contribution in [-0.2, 0) is 13.1 Å². The van der Waals surface area contributed by atoms with Crippen LogP contribution in [0, 0.1) is 0 Å². The molecule has 1 aliphatic rings. The third-order valence-corrected chi connectivity index (χ3v) is 5.99. The van der Waals surface area contributed by atoms with Gasteiger partial charge in [-0.05, 0) is 17.7 Å². The van der Waals surface area contributed by atoms with E-state index in [9.17, 15) is 4.79 Å². The monoisotopic (exact) mass is 367 g/mol. The Hall–Kier alpha value is -2.24. The van der Waals surface area contributed by atoms with Crippen molar-refractivity contribution in [2.24, 2.45) is 0 Å². The largest absolute Gasteiger partial charge is 0.330 e. The van der Waals surface area contributed by atoms with Gasteiger partial charge < -0.3 is 4.57 Å². The van der Waals surface area contributed by atoms with Gasteiger partial charge in [0.15, 0.2) is 5.16 Å². The molecule has 0 saturated carbocycles. The zero-order valence-electron chi connectivity index (χ0n) is 13.3. The van der Waals surface area contributed by atoms with E-state index in [4.69, 9.17) is 16.6 Å². The Labute approximate surface area is 153 Å². The topological polar surface area (TPSA) is 39.8 Å². The van der Waals surface area contributed by atoms with Crippen molar-refractivity contribution in [2.45, 2.75) is 18.2 Å². The minimum Gasteiger partial charge on any atom is -0.330 e. The summed E-state index contributed by atoms with van der Waals surface area (Å²) in [5, 5.41) is 2.54. The molecule has 6 heteroatoms. The van der Waals surface area contributed by atoms with Crippen LogP contribution in [0.4, 0.5) is 0 Å². The number of hydrogen-bond donors (Lipinski definition) is 0. The number of halogens is 1. The lowest BCUT2D eigenvalue weighted by Crippen LogP contribution is -2.22. The van der Waals surface area contributed by atoms with Crippen molar-refractivity contribution in [1.82, 2.24) is 14.1 Å². The zero-order valence-corrected chi connectivity index (χ0v) is 14.8. The summed E-state index contributed by atoms with van der Waals surface area (Å²) >= 11 is 8.00. The van der Waals surface area contributed by atoms with E-state index in [-0.39, 0.29) is 5.56 Å². The minimum atomic E-state index is 0.0354. The molecule has 1 aliphatic heterocycles. The van der Waals surface area contributed by atoms with Crippen LogP contribution < -0.4 is 5.56 Å². The average Bonchev–Trinajstić information content (AvgIpc) is 3.22. The van der Waals surface area contributed by atoms with E-state index in [1.165, 1.54) is 0 Å². The number of rotatable bonds is 2. The Morgan fingerprint density at radius 3 is 2.80 bits per heavy atom. The van der Waals surface area contributed by atoms with E-state index in [1.54, 1.807) is 16.3 Å². The lowest BCUT2D eigenvalue weighted by Gasteiger charge is -2.09. The molecular weight excluding hydrogens is 354 g/mol. The Kier molecular flexibility index (Phi) is 3.40. The summed E-state index contributed by atoms with van der Waals surface area (Å²) in [6, 6.07) is 15.8. The van der Waals surface area contributed by atoms with E-state index in [0.717, 1.165) is 39.4 Å². The molecule has 4 nitrogen and oxygen atoms in total. The quantitative estimate of drug-likeness (QED) is 0.499. The highest BCUT2D eigenvalue weighted by atomic mass is 35.5. The first-order chi connectivity index (χ1) is 12.2. The standard InChI is InChI=1S/C19H14ClN3OS/c20-14-7-3-1-5-12(14)11-23-15-8-4-2-6-13(15)16-17(23)18(24)22-9-10-25-19(22)21-16/h1-8H,9-11H2. The SMILES string of the molecule is O=c1c2c(nc3n1CCS3)c1ccccc1n2Cc1ccccc1Cl. The predicted octanol–water partition coefficient (Wildman–Crippen LogP) is 4.16. The summed E-state index contributed by atoms with van der Waals surface area (Å²) in [7, 11) is 0. The molecule has 0 spiro atoms. The van der Waals surface area contributed by atoms with Crippen LogP contribution in [0.25, 0.3) is 21.9 Å².